The number of imidazole rings is 1. The maximum atomic E-state index is 12.3. The lowest BCUT2D eigenvalue weighted by Crippen LogP contribution is -2.14. The summed E-state index contributed by atoms with van der Waals surface area (Å²) in [6.45, 7) is 0. The number of anilines is 1. The predicted octanol–water partition coefficient (Wildman–Crippen LogP) is 3.98. The minimum absolute atomic E-state index is 0.0936. The number of nitrogens with one attached hydrogen (secondary N) is 1. The van der Waals surface area contributed by atoms with Crippen LogP contribution in [-0.2, 0) is 11.2 Å². The van der Waals surface area contributed by atoms with Crippen molar-refractivity contribution < 1.29 is 4.79 Å². The van der Waals surface area contributed by atoms with Gasteiger partial charge in [0.25, 0.3) is 0 Å². The number of aromatic nitrogens is 2. The number of hydrogen-bond acceptors (Lipinski definition) is 3. The summed E-state index contributed by atoms with van der Waals surface area (Å²) >= 11 is 1.55. The van der Waals surface area contributed by atoms with Crippen LogP contribution in [0.15, 0.2) is 72.4 Å². The number of carbonyl (C=O) groups excluding carboxylic acids is 1. The van der Waals surface area contributed by atoms with E-state index in [9.17, 15) is 4.79 Å². The van der Waals surface area contributed by atoms with Crippen molar-refractivity contribution in [2.45, 2.75) is 6.42 Å². The molecule has 0 fully saturated rings. The van der Waals surface area contributed by atoms with Crippen LogP contribution in [0.5, 0.6) is 0 Å². The van der Waals surface area contributed by atoms with Gasteiger partial charge in [0.1, 0.15) is 0 Å². The molecule has 0 saturated heterocycles. The van der Waals surface area contributed by atoms with Crippen molar-refractivity contribution in [1.29, 1.82) is 0 Å². The quantitative estimate of drug-likeness (QED) is 0.564. The molecule has 2 heterocycles. The highest BCUT2D eigenvalue weighted by Crippen LogP contribution is 2.14. The molecular formula is C21H15N3OS. The fraction of sp³-hybridized carbons (Fsp3) is 0.0476. The smallest absolute Gasteiger partial charge is 0.230 e. The first-order valence-corrected chi connectivity index (χ1v) is 9.02. The van der Waals surface area contributed by atoms with E-state index < -0.39 is 0 Å². The Morgan fingerprint density at radius 1 is 1.08 bits per heavy atom. The SMILES string of the molecule is O=C(Cc1cn2ccsc2n1)Nc1cccc(C#Cc2ccccc2)c1. The number of carbonyl (C=O) groups is 1. The molecule has 2 aromatic heterocycles. The summed E-state index contributed by atoms with van der Waals surface area (Å²) in [5.41, 5.74) is 3.31. The molecular weight excluding hydrogens is 342 g/mol. The number of rotatable bonds is 3. The zero-order valence-corrected chi connectivity index (χ0v) is 14.7. The Labute approximate surface area is 155 Å². The van der Waals surface area contributed by atoms with E-state index in [0.29, 0.717) is 0 Å². The van der Waals surface area contributed by atoms with Gasteiger partial charge in [0.05, 0.1) is 12.1 Å². The van der Waals surface area contributed by atoms with Gasteiger partial charge in [-0.25, -0.2) is 4.98 Å². The van der Waals surface area contributed by atoms with E-state index in [1.54, 1.807) is 11.3 Å². The Balaban J connectivity index is 1.44. The summed E-state index contributed by atoms with van der Waals surface area (Å²) in [6.07, 6.45) is 4.06. The fourth-order valence-electron chi connectivity index (χ4n) is 2.57. The number of benzene rings is 2. The number of fused-ring (bicyclic) bond motifs is 1. The first kappa shape index (κ1) is 16.1. The molecule has 0 atom stereocenters. The molecule has 126 valence electrons. The van der Waals surface area contributed by atoms with Crippen molar-refractivity contribution in [1.82, 2.24) is 9.38 Å². The predicted molar refractivity (Wildman–Crippen MR) is 104 cm³/mol. The van der Waals surface area contributed by atoms with Gasteiger partial charge >= 0.3 is 0 Å². The van der Waals surface area contributed by atoms with Crippen LogP contribution in [0.1, 0.15) is 16.8 Å². The van der Waals surface area contributed by atoms with Crippen molar-refractivity contribution in [2.24, 2.45) is 0 Å². The molecule has 4 nitrogen and oxygen atoms in total. The third-order valence-electron chi connectivity index (χ3n) is 3.76. The summed E-state index contributed by atoms with van der Waals surface area (Å²) < 4.78 is 1.92. The zero-order chi connectivity index (χ0) is 17.8. The second-order valence-corrected chi connectivity index (χ2v) is 6.62. The first-order chi connectivity index (χ1) is 12.8. The van der Waals surface area contributed by atoms with Gasteiger partial charge in [-0.3, -0.25) is 9.20 Å². The lowest BCUT2D eigenvalue weighted by atomic mass is 10.1. The largest absolute Gasteiger partial charge is 0.326 e. The molecule has 0 aliphatic heterocycles. The molecule has 4 rings (SSSR count). The van der Waals surface area contributed by atoms with E-state index in [-0.39, 0.29) is 12.3 Å². The lowest BCUT2D eigenvalue weighted by Gasteiger charge is -2.04. The van der Waals surface area contributed by atoms with Gasteiger partial charge < -0.3 is 5.32 Å². The van der Waals surface area contributed by atoms with Crippen LogP contribution in [0.25, 0.3) is 4.96 Å². The summed E-state index contributed by atoms with van der Waals surface area (Å²) in [5, 5.41) is 4.88. The highest BCUT2D eigenvalue weighted by atomic mass is 32.1. The number of thiazole rings is 1. The molecule has 0 radical (unpaired) electrons. The van der Waals surface area contributed by atoms with Crippen molar-refractivity contribution in [3.8, 4) is 11.8 Å². The monoisotopic (exact) mass is 357 g/mol. The van der Waals surface area contributed by atoms with Crippen LogP contribution in [0.2, 0.25) is 0 Å². The van der Waals surface area contributed by atoms with Crippen molar-refractivity contribution in [2.75, 3.05) is 5.32 Å². The summed E-state index contributed by atoms with van der Waals surface area (Å²) in [5.74, 6) is 6.15. The van der Waals surface area contributed by atoms with Gasteiger partial charge in [-0.15, -0.1) is 11.3 Å². The van der Waals surface area contributed by atoms with Crippen LogP contribution < -0.4 is 5.32 Å². The molecule has 26 heavy (non-hydrogen) atoms. The molecule has 0 aliphatic carbocycles. The van der Waals surface area contributed by atoms with Gasteiger partial charge in [0.15, 0.2) is 4.96 Å². The Hall–Kier alpha value is -3.36. The van der Waals surface area contributed by atoms with Gasteiger partial charge in [-0.05, 0) is 30.3 Å². The number of nitrogens with zero attached hydrogens (tertiary/aromatic N) is 2. The Kier molecular flexibility index (Phi) is 4.50. The molecule has 1 amide bonds. The Morgan fingerprint density at radius 3 is 2.73 bits per heavy atom. The standard InChI is InChI=1S/C21H15N3OS/c25-20(14-19-15-24-11-12-26-21(24)23-19)22-18-8-4-7-17(13-18)10-9-16-5-2-1-3-6-16/h1-8,11-13,15H,14H2,(H,22,25). The summed E-state index contributed by atoms with van der Waals surface area (Å²) in [4.78, 5) is 17.6. The maximum absolute atomic E-state index is 12.3. The molecule has 4 aromatic rings. The summed E-state index contributed by atoms with van der Waals surface area (Å²) in [6, 6.07) is 17.4. The maximum Gasteiger partial charge on any atom is 0.230 e. The fourth-order valence-corrected chi connectivity index (χ4v) is 3.29. The average Bonchev–Trinajstić information content (AvgIpc) is 3.22. The van der Waals surface area contributed by atoms with E-state index in [0.717, 1.165) is 27.5 Å². The highest BCUT2D eigenvalue weighted by Gasteiger charge is 2.08. The van der Waals surface area contributed by atoms with E-state index in [2.05, 4.69) is 22.1 Å². The van der Waals surface area contributed by atoms with E-state index in [1.807, 2.05) is 76.8 Å². The van der Waals surface area contributed by atoms with Gasteiger partial charge in [0, 0.05) is 34.6 Å². The molecule has 0 aliphatic rings. The number of amides is 1. The van der Waals surface area contributed by atoms with Crippen LogP contribution >= 0.6 is 11.3 Å². The van der Waals surface area contributed by atoms with E-state index >= 15 is 0 Å². The van der Waals surface area contributed by atoms with Gasteiger partial charge in [-0.2, -0.15) is 0 Å². The molecule has 0 bridgehead atoms. The molecule has 0 spiro atoms. The summed E-state index contributed by atoms with van der Waals surface area (Å²) in [7, 11) is 0. The first-order valence-electron chi connectivity index (χ1n) is 8.14. The van der Waals surface area contributed by atoms with E-state index in [1.165, 1.54) is 0 Å². The second-order valence-electron chi connectivity index (χ2n) is 5.75. The molecule has 0 saturated carbocycles. The van der Waals surface area contributed by atoms with Gasteiger partial charge in [0.2, 0.25) is 5.91 Å². The highest BCUT2D eigenvalue weighted by molar-refractivity contribution is 7.15. The Morgan fingerprint density at radius 2 is 1.88 bits per heavy atom. The van der Waals surface area contributed by atoms with Crippen molar-refractivity contribution >= 4 is 27.9 Å². The molecule has 2 aromatic carbocycles. The average molecular weight is 357 g/mol. The van der Waals surface area contributed by atoms with Crippen LogP contribution in [0, 0.1) is 11.8 Å². The van der Waals surface area contributed by atoms with Crippen LogP contribution in [0.3, 0.4) is 0 Å². The Bertz CT molecular complexity index is 1090. The number of hydrogen-bond donors (Lipinski definition) is 1. The van der Waals surface area contributed by atoms with Crippen LogP contribution in [0.4, 0.5) is 5.69 Å². The minimum Gasteiger partial charge on any atom is -0.326 e. The van der Waals surface area contributed by atoms with Crippen molar-refractivity contribution in [3.05, 3.63) is 89.2 Å². The van der Waals surface area contributed by atoms with Crippen LogP contribution in [-0.4, -0.2) is 15.3 Å². The normalized spacial score (nSPS) is 10.3. The molecule has 1 N–H and O–H groups in total. The third-order valence-corrected chi connectivity index (χ3v) is 4.53. The van der Waals surface area contributed by atoms with E-state index in [4.69, 9.17) is 0 Å². The zero-order valence-electron chi connectivity index (χ0n) is 13.8. The second kappa shape index (κ2) is 7.26. The van der Waals surface area contributed by atoms with Gasteiger partial charge in [-0.1, -0.05) is 36.1 Å². The minimum atomic E-state index is -0.0936. The topological polar surface area (TPSA) is 46.4 Å². The van der Waals surface area contributed by atoms with Crippen molar-refractivity contribution in [3.63, 3.8) is 0 Å². The molecule has 0 unspecified atom stereocenters. The molecule has 5 heteroatoms. The lowest BCUT2D eigenvalue weighted by molar-refractivity contribution is -0.115. The third kappa shape index (κ3) is 3.82.